The van der Waals surface area contributed by atoms with Gasteiger partial charge in [-0.2, -0.15) is 11.8 Å². The Balaban J connectivity index is 2.01. The standard InChI is InChI=1S/C15H18OS2/c1-14(2)12-15(16,9-11-18-14)8-10-17-13-6-4-3-5-7-13/h3-7,16H,9,11-12H2,1-2H3. The molecule has 1 aliphatic heterocycles. The van der Waals surface area contributed by atoms with Crippen LogP contribution in [0.5, 0.6) is 0 Å². The average molecular weight is 278 g/mol. The summed E-state index contributed by atoms with van der Waals surface area (Å²) in [5.74, 6) is 4.04. The van der Waals surface area contributed by atoms with Crippen molar-refractivity contribution < 1.29 is 5.11 Å². The van der Waals surface area contributed by atoms with E-state index in [2.05, 4.69) is 25.0 Å². The van der Waals surface area contributed by atoms with E-state index in [9.17, 15) is 5.11 Å². The molecule has 1 nitrogen and oxygen atoms in total. The fourth-order valence-corrected chi connectivity index (χ4v) is 4.10. The number of aliphatic hydroxyl groups is 1. The van der Waals surface area contributed by atoms with Gasteiger partial charge in [0.25, 0.3) is 0 Å². The Bertz CT molecular complexity index is 458. The van der Waals surface area contributed by atoms with Gasteiger partial charge in [0.05, 0.1) is 0 Å². The lowest BCUT2D eigenvalue weighted by Gasteiger charge is -2.37. The molecular weight excluding hydrogens is 260 g/mol. The second-order valence-electron chi connectivity index (χ2n) is 5.21. The Labute approximate surface area is 118 Å². The summed E-state index contributed by atoms with van der Waals surface area (Å²) in [5, 5.41) is 13.5. The molecule has 0 bridgehead atoms. The SMILES string of the molecule is CC1(C)CC(O)(C#CSc2ccccc2)CCS1. The Hall–Kier alpha value is -0.560. The second kappa shape index (κ2) is 5.61. The van der Waals surface area contributed by atoms with Crippen LogP contribution in [0.4, 0.5) is 0 Å². The van der Waals surface area contributed by atoms with Crippen LogP contribution in [0.25, 0.3) is 0 Å². The van der Waals surface area contributed by atoms with E-state index in [1.54, 1.807) is 0 Å². The van der Waals surface area contributed by atoms with Crippen molar-refractivity contribution in [3.63, 3.8) is 0 Å². The van der Waals surface area contributed by atoms with Crippen molar-refractivity contribution in [2.24, 2.45) is 0 Å². The van der Waals surface area contributed by atoms with Gasteiger partial charge in [-0.3, -0.25) is 0 Å². The van der Waals surface area contributed by atoms with Crippen LogP contribution in [0.2, 0.25) is 0 Å². The molecular formula is C15H18OS2. The Morgan fingerprint density at radius 3 is 2.67 bits per heavy atom. The summed E-state index contributed by atoms with van der Waals surface area (Å²) in [6, 6.07) is 10.1. The van der Waals surface area contributed by atoms with Gasteiger partial charge in [0.1, 0.15) is 5.60 Å². The molecule has 1 unspecified atom stereocenters. The van der Waals surface area contributed by atoms with E-state index in [0.717, 1.165) is 23.5 Å². The molecule has 1 aromatic rings. The molecule has 1 aliphatic rings. The van der Waals surface area contributed by atoms with Crippen LogP contribution >= 0.6 is 23.5 Å². The third kappa shape index (κ3) is 3.98. The molecule has 18 heavy (non-hydrogen) atoms. The first kappa shape index (κ1) is 13.9. The highest BCUT2D eigenvalue weighted by molar-refractivity contribution is 8.04. The smallest absolute Gasteiger partial charge is 0.128 e. The number of hydrogen-bond donors (Lipinski definition) is 1. The number of hydrogen-bond acceptors (Lipinski definition) is 3. The zero-order valence-electron chi connectivity index (χ0n) is 10.8. The zero-order chi connectivity index (χ0) is 13.1. The van der Waals surface area contributed by atoms with Crippen molar-refractivity contribution >= 4 is 23.5 Å². The predicted molar refractivity (Wildman–Crippen MR) is 80.8 cm³/mol. The Kier molecular flexibility index (Phi) is 4.32. The quantitative estimate of drug-likeness (QED) is 0.623. The van der Waals surface area contributed by atoms with Crippen LogP contribution in [0, 0.1) is 11.2 Å². The van der Waals surface area contributed by atoms with Gasteiger partial charge in [-0.1, -0.05) is 38.0 Å². The lowest BCUT2D eigenvalue weighted by molar-refractivity contribution is 0.0760. The number of thioether (sulfide) groups is 2. The third-order valence-corrected chi connectivity index (χ3v) is 4.97. The largest absolute Gasteiger partial charge is 0.377 e. The van der Waals surface area contributed by atoms with Crippen LogP contribution in [0.15, 0.2) is 35.2 Å². The van der Waals surface area contributed by atoms with Gasteiger partial charge in [0.2, 0.25) is 0 Å². The maximum Gasteiger partial charge on any atom is 0.128 e. The minimum atomic E-state index is -0.809. The maximum absolute atomic E-state index is 10.5. The van der Waals surface area contributed by atoms with Gasteiger partial charge < -0.3 is 5.11 Å². The van der Waals surface area contributed by atoms with Gasteiger partial charge >= 0.3 is 0 Å². The highest BCUT2D eigenvalue weighted by Gasteiger charge is 2.37. The molecule has 96 valence electrons. The molecule has 0 aromatic heterocycles. The maximum atomic E-state index is 10.5. The molecule has 1 heterocycles. The highest BCUT2D eigenvalue weighted by atomic mass is 32.2. The molecule has 1 atom stereocenters. The molecule has 1 fully saturated rings. The molecule has 0 radical (unpaired) electrons. The monoisotopic (exact) mass is 278 g/mol. The molecule has 1 saturated heterocycles. The van der Waals surface area contributed by atoms with Gasteiger partial charge in [-0.15, -0.1) is 0 Å². The molecule has 0 saturated carbocycles. The van der Waals surface area contributed by atoms with Crippen LogP contribution < -0.4 is 0 Å². The van der Waals surface area contributed by atoms with Gasteiger partial charge in [-0.05, 0) is 41.3 Å². The van der Waals surface area contributed by atoms with Gasteiger partial charge in [0, 0.05) is 16.1 Å². The number of benzene rings is 1. The highest BCUT2D eigenvalue weighted by Crippen LogP contribution is 2.40. The van der Waals surface area contributed by atoms with E-state index in [-0.39, 0.29) is 4.75 Å². The average Bonchev–Trinajstić information content (AvgIpc) is 2.28. The first-order chi connectivity index (χ1) is 8.49. The van der Waals surface area contributed by atoms with E-state index in [4.69, 9.17) is 0 Å². The van der Waals surface area contributed by atoms with Crippen LogP contribution in [-0.2, 0) is 0 Å². The summed E-state index contributed by atoms with van der Waals surface area (Å²) in [6.45, 7) is 4.35. The van der Waals surface area contributed by atoms with E-state index >= 15 is 0 Å². The van der Waals surface area contributed by atoms with E-state index in [1.165, 1.54) is 11.8 Å². The molecule has 2 rings (SSSR count). The van der Waals surface area contributed by atoms with Crippen molar-refractivity contribution in [1.29, 1.82) is 0 Å². The van der Waals surface area contributed by atoms with Crippen molar-refractivity contribution in [2.45, 2.75) is 41.9 Å². The Morgan fingerprint density at radius 2 is 2.00 bits per heavy atom. The normalized spacial score (nSPS) is 26.2. The molecule has 3 heteroatoms. The van der Waals surface area contributed by atoms with E-state index in [0.29, 0.717) is 0 Å². The van der Waals surface area contributed by atoms with E-state index in [1.807, 2.05) is 42.1 Å². The molecule has 0 spiro atoms. The lowest BCUT2D eigenvalue weighted by Crippen LogP contribution is -2.40. The molecule has 0 aliphatic carbocycles. The summed E-state index contributed by atoms with van der Waals surface area (Å²) in [6.07, 6.45) is 1.51. The topological polar surface area (TPSA) is 20.2 Å². The molecule has 0 amide bonds. The van der Waals surface area contributed by atoms with Crippen molar-refractivity contribution in [2.75, 3.05) is 5.75 Å². The predicted octanol–water partition coefficient (Wildman–Crippen LogP) is 3.78. The number of rotatable bonds is 1. The summed E-state index contributed by atoms with van der Waals surface area (Å²) >= 11 is 3.40. The lowest BCUT2D eigenvalue weighted by atomic mass is 9.89. The van der Waals surface area contributed by atoms with Crippen LogP contribution in [0.3, 0.4) is 0 Å². The van der Waals surface area contributed by atoms with Crippen LogP contribution in [0.1, 0.15) is 26.7 Å². The Morgan fingerprint density at radius 1 is 1.28 bits per heavy atom. The van der Waals surface area contributed by atoms with Crippen molar-refractivity contribution in [3.05, 3.63) is 30.3 Å². The van der Waals surface area contributed by atoms with Gasteiger partial charge in [-0.25, -0.2) is 0 Å². The summed E-state index contributed by atoms with van der Waals surface area (Å²) in [4.78, 5) is 1.12. The van der Waals surface area contributed by atoms with Crippen LogP contribution in [-0.4, -0.2) is 21.2 Å². The summed E-state index contributed by atoms with van der Waals surface area (Å²) in [7, 11) is 0. The van der Waals surface area contributed by atoms with Gasteiger partial charge in [0.15, 0.2) is 0 Å². The summed E-state index contributed by atoms with van der Waals surface area (Å²) < 4.78 is 0.124. The fraction of sp³-hybridized carbons (Fsp3) is 0.467. The van der Waals surface area contributed by atoms with E-state index < -0.39 is 5.60 Å². The summed E-state index contributed by atoms with van der Waals surface area (Å²) in [5.41, 5.74) is -0.809. The second-order valence-corrected chi connectivity index (χ2v) is 7.89. The zero-order valence-corrected chi connectivity index (χ0v) is 12.4. The van der Waals surface area contributed by atoms with Crippen molar-refractivity contribution in [3.8, 4) is 11.2 Å². The first-order valence-electron chi connectivity index (χ1n) is 6.10. The van der Waals surface area contributed by atoms with Crippen molar-refractivity contribution in [1.82, 2.24) is 0 Å². The third-order valence-electron chi connectivity index (χ3n) is 2.92. The minimum absolute atomic E-state index is 0.124. The molecule has 1 aromatic carbocycles. The molecule has 1 N–H and O–H groups in total. The first-order valence-corrected chi connectivity index (χ1v) is 7.90. The fourth-order valence-electron chi connectivity index (χ4n) is 2.11. The minimum Gasteiger partial charge on any atom is -0.377 e.